The van der Waals surface area contributed by atoms with Crippen molar-refractivity contribution in [1.82, 2.24) is 0 Å². The summed E-state index contributed by atoms with van der Waals surface area (Å²) in [5.74, 6) is 0.997. The highest BCUT2D eigenvalue weighted by molar-refractivity contribution is 8.13. The van der Waals surface area contributed by atoms with Crippen LogP contribution in [0.4, 0.5) is 5.69 Å². The molecule has 25 heavy (non-hydrogen) atoms. The molecular weight excluding hydrogens is 376 g/mol. The number of para-hydroxylation sites is 1. The van der Waals surface area contributed by atoms with Crippen molar-refractivity contribution < 1.29 is 8.42 Å². The number of halogens is 1. The molecule has 0 radical (unpaired) electrons. The fourth-order valence-corrected chi connectivity index (χ4v) is 6.53. The van der Waals surface area contributed by atoms with Gasteiger partial charge in [0, 0.05) is 16.5 Å². The molecule has 4 rings (SSSR count). The molecule has 2 heterocycles. The third-order valence-electron chi connectivity index (χ3n) is 4.46. The lowest BCUT2D eigenvalue weighted by Gasteiger charge is -2.26. The van der Waals surface area contributed by atoms with Crippen molar-refractivity contribution in [3.63, 3.8) is 0 Å². The van der Waals surface area contributed by atoms with Crippen LogP contribution in [-0.2, 0) is 15.6 Å². The Morgan fingerprint density at radius 3 is 2.56 bits per heavy atom. The molecule has 0 bridgehead atoms. The molecule has 1 saturated heterocycles. The number of fused-ring (bicyclic) bond motifs is 1. The first-order valence-electron chi connectivity index (χ1n) is 8.02. The van der Waals surface area contributed by atoms with Gasteiger partial charge in [-0.3, -0.25) is 4.99 Å². The van der Waals surface area contributed by atoms with Gasteiger partial charge in [0.15, 0.2) is 15.0 Å². The molecule has 130 valence electrons. The van der Waals surface area contributed by atoms with E-state index in [-0.39, 0.29) is 23.6 Å². The van der Waals surface area contributed by atoms with Crippen LogP contribution in [0.15, 0.2) is 59.6 Å². The highest BCUT2D eigenvalue weighted by Gasteiger charge is 2.47. The molecule has 4 nitrogen and oxygen atoms in total. The lowest BCUT2D eigenvalue weighted by atomic mass is 10.1. The number of amidine groups is 1. The molecule has 0 aliphatic carbocycles. The standard InChI is InChI=1S/C18H17ClN2O2S2/c19-15-9-5-4-6-13(15)10-24-18-20-16-11-25(22,23)12-17(16)21(18)14-7-2-1-3-8-14/h1-9,16-17H,10-12H2/t16-,17+/m0/s1. The minimum atomic E-state index is -3.02. The summed E-state index contributed by atoms with van der Waals surface area (Å²) >= 11 is 7.86. The second-order valence-electron chi connectivity index (χ2n) is 6.21. The van der Waals surface area contributed by atoms with Gasteiger partial charge in [-0.2, -0.15) is 0 Å². The fraction of sp³-hybridized carbons (Fsp3) is 0.278. The second kappa shape index (κ2) is 6.67. The Kier molecular flexibility index (Phi) is 4.52. The van der Waals surface area contributed by atoms with E-state index >= 15 is 0 Å². The summed E-state index contributed by atoms with van der Waals surface area (Å²) in [7, 11) is -3.02. The molecular formula is C18H17ClN2O2S2. The summed E-state index contributed by atoms with van der Waals surface area (Å²) in [6, 6.07) is 17.3. The number of anilines is 1. The zero-order valence-corrected chi connectivity index (χ0v) is 15.8. The maximum Gasteiger partial charge on any atom is 0.164 e. The normalized spacial score (nSPS) is 24.2. The van der Waals surface area contributed by atoms with Gasteiger partial charge in [0.2, 0.25) is 0 Å². The van der Waals surface area contributed by atoms with Crippen LogP contribution < -0.4 is 4.90 Å². The molecule has 2 aliphatic heterocycles. The first kappa shape index (κ1) is 16.9. The van der Waals surface area contributed by atoms with E-state index in [1.54, 1.807) is 11.8 Å². The van der Waals surface area contributed by atoms with E-state index in [1.165, 1.54) is 0 Å². The van der Waals surface area contributed by atoms with Crippen LogP contribution in [0.2, 0.25) is 5.02 Å². The SMILES string of the molecule is O=S1(=O)C[C@@H]2N=C(SCc3ccccc3Cl)N(c3ccccc3)[C@@H]2C1. The Labute approximate surface area is 156 Å². The highest BCUT2D eigenvalue weighted by atomic mass is 35.5. The zero-order chi connectivity index (χ0) is 17.4. The molecule has 0 aromatic heterocycles. The van der Waals surface area contributed by atoms with Crippen molar-refractivity contribution in [3.8, 4) is 0 Å². The molecule has 0 saturated carbocycles. The lowest BCUT2D eigenvalue weighted by Crippen LogP contribution is -2.39. The van der Waals surface area contributed by atoms with Crippen LogP contribution in [-0.4, -0.2) is 37.2 Å². The van der Waals surface area contributed by atoms with E-state index in [0.29, 0.717) is 5.75 Å². The fourth-order valence-electron chi connectivity index (χ4n) is 3.28. The second-order valence-corrected chi connectivity index (χ2v) is 9.71. The minimum absolute atomic E-state index is 0.110. The number of hydrogen-bond donors (Lipinski definition) is 0. The summed E-state index contributed by atoms with van der Waals surface area (Å²) < 4.78 is 24.1. The number of sulfone groups is 1. The monoisotopic (exact) mass is 392 g/mol. The predicted octanol–water partition coefficient (Wildman–Crippen LogP) is 3.62. The van der Waals surface area contributed by atoms with Gasteiger partial charge in [0.05, 0.1) is 23.6 Å². The van der Waals surface area contributed by atoms with E-state index < -0.39 is 9.84 Å². The Morgan fingerprint density at radius 2 is 1.80 bits per heavy atom. The number of benzene rings is 2. The first-order chi connectivity index (χ1) is 12.0. The lowest BCUT2D eigenvalue weighted by molar-refractivity contribution is 0.601. The maximum absolute atomic E-state index is 12.0. The number of nitrogens with zero attached hydrogens (tertiary/aromatic N) is 2. The number of hydrogen-bond acceptors (Lipinski definition) is 5. The molecule has 0 N–H and O–H groups in total. The molecule has 0 amide bonds. The summed E-state index contributed by atoms with van der Waals surface area (Å²) in [6.45, 7) is 0. The average molecular weight is 393 g/mol. The molecule has 7 heteroatoms. The van der Waals surface area contributed by atoms with Gasteiger partial charge < -0.3 is 4.90 Å². The van der Waals surface area contributed by atoms with Gasteiger partial charge in [-0.15, -0.1) is 0 Å². The summed E-state index contributed by atoms with van der Waals surface area (Å²) in [4.78, 5) is 6.81. The molecule has 2 atom stereocenters. The first-order valence-corrected chi connectivity index (χ1v) is 11.2. The molecule has 1 fully saturated rings. The van der Waals surface area contributed by atoms with Gasteiger partial charge in [0.25, 0.3) is 0 Å². The quantitative estimate of drug-likeness (QED) is 0.800. The van der Waals surface area contributed by atoms with Gasteiger partial charge in [-0.1, -0.05) is 59.8 Å². The maximum atomic E-state index is 12.0. The number of thioether (sulfide) groups is 1. The van der Waals surface area contributed by atoms with Gasteiger partial charge in [-0.05, 0) is 23.8 Å². The van der Waals surface area contributed by atoms with Crippen LogP contribution in [0.5, 0.6) is 0 Å². The molecule has 2 aliphatic rings. The summed E-state index contributed by atoms with van der Waals surface area (Å²) in [5.41, 5.74) is 2.03. The van der Waals surface area contributed by atoms with E-state index in [0.717, 1.165) is 21.4 Å². The van der Waals surface area contributed by atoms with Crippen LogP contribution >= 0.6 is 23.4 Å². The Hall–Kier alpha value is -1.50. The zero-order valence-electron chi connectivity index (χ0n) is 13.4. The van der Waals surface area contributed by atoms with Crippen molar-refractivity contribution in [2.24, 2.45) is 4.99 Å². The van der Waals surface area contributed by atoms with Crippen LogP contribution in [0, 0.1) is 0 Å². The molecule has 2 aromatic rings. The van der Waals surface area contributed by atoms with Crippen molar-refractivity contribution >= 4 is 44.1 Å². The number of aliphatic imine (C=N–C) groups is 1. The van der Waals surface area contributed by atoms with Crippen molar-refractivity contribution in [2.75, 3.05) is 16.4 Å². The molecule has 2 aromatic carbocycles. The third-order valence-corrected chi connectivity index (χ3v) is 7.54. The molecule has 0 unspecified atom stereocenters. The largest absolute Gasteiger partial charge is 0.315 e. The van der Waals surface area contributed by atoms with Crippen molar-refractivity contribution in [3.05, 3.63) is 65.2 Å². The van der Waals surface area contributed by atoms with Crippen molar-refractivity contribution in [1.29, 1.82) is 0 Å². The van der Waals surface area contributed by atoms with Crippen LogP contribution in [0.1, 0.15) is 5.56 Å². The predicted molar refractivity (Wildman–Crippen MR) is 105 cm³/mol. The minimum Gasteiger partial charge on any atom is -0.315 e. The Morgan fingerprint density at radius 1 is 1.08 bits per heavy atom. The summed E-state index contributed by atoms with van der Waals surface area (Å²) in [5, 5.41) is 1.61. The Balaban J connectivity index is 1.62. The van der Waals surface area contributed by atoms with Gasteiger partial charge >= 0.3 is 0 Å². The van der Waals surface area contributed by atoms with E-state index in [4.69, 9.17) is 16.6 Å². The van der Waals surface area contributed by atoms with Gasteiger partial charge in [-0.25, -0.2) is 8.42 Å². The highest BCUT2D eigenvalue weighted by Crippen LogP contribution is 2.36. The molecule has 0 spiro atoms. The van der Waals surface area contributed by atoms with Crippen molar-refractivity contribution in [2.45, 2.75) is 17.8 Å². The topological polar surface area (TPSA) is 49.7 Å². The van der Waals surface area contributed by atoms with E-state index in [1.807, 2.05) is 54.6 Å². The van der Waals surface area contributed by atoms with Crippen LogP contribution in [0.25, 0.3) is 0 Å². The summed E-state index contributed by atoms with van der Waals surface area (Å²) in [6.07, 6.45) is 0. The third kappa shape index (κ3) is 3.43. The van der Waals surface area contributed by atoms with E-state index in [9.17, 15) is 8.42 Å². The van der Waals surface area contributed by atoms with E-state index in [2.05, 4.69) is 4.90 Å². The van der Waals surface area contributed by atoms with Crippen LogP contribution in [0.3, 0.4) is 0 Å². The van der Waals surface area contributed by atoms with Gasteiger partial charge in [0.1, 0.15) is 0 Å². The Bertz CT molecular complexity index is 916. The smallest absolute Gasteiger partial charge is 0.164 e. The average Bonchev–Trinajstić information content (AvgIpc) is 3.06. The number of rotatable bonds is 3.